The van der Waals surface area contributed by atoms with Gasteiger partial charge < -0.3 is 0 Å². The Bertz CT molecular complexity index is 877. The second-order valence-electron chi connectivity index (χ2n) is 4.12. The molecule has 0 atom stereocenters. The number of hydrogen-bond acceptors (Lipinski definition) is 4. The number of aromatic nitrogens is 4. The van der Waals surface area contributed by atoms with Gasteiger partial charge in [-0.15, -0.1) is 5.10 Å². The number of nitrogens with zero attached hydrogens (tertiary/aromatic N) is 4. The van der Waals surface area contributed by atoms with E-state index in [0.29, 0.717) is 17.3 Å². The summed E-state index contributed by atoms with van der Waals surface area (Å²) in [7, 11) is 0. The van der Waals surface area contributed by atoms with Crippen molar-refractivity contribution in [3.63, 3.8) is 0 Å². The molecule has 3 aromatic rings. The van der Waals surface area contributed by atoms with Crippen molar-refractivity contribution in [3.05, 3.63) is 39.9 Å². The number of halogens is 5. The summed E-state index contributed by atoms with van der Waals surface area (Å²) in [5, 5.41) is 3.96. The van der Waals surface area contributed by atoms with Gasteiger partial charge in [0.15, 0.2) is 0 Å². The van der Waals surface area contributed by atoms with Crippen molar-refractivity contribution >= 4 is 40.7 Å². The highest BCUT2D eigenvalue weighted by Crippen LogP contribution is 2.37. The summed E-state index contributed by atoms with van der Waals surface area (Å²) in [5.74, 6) is -3.25. The largest absolute Gasteiger partial charge is 0.256 e. The molecule has 1 aromatic carbocycles. The fourth-order valence-corrected chi connectivity index (χ4v) is 2.84. The number of thioether (sulfide) groups is 1. The predicted molar refractivity (Wildman–Crippen MR) is 77.9 cm³/mol. The van der Waals surface area contributed by atoms with Crippen molar-refractivity contribution in [2.75, 3.05) is 6.26 Å². The van der Waals surface area contributed by atoms with Gasteiger partial charge in [-0.05, 0) is 6.26 Å². The van der Waals surface area contributed by atoms with Gasteiger partial charge in [0.2, 0.25) is 5.16 Å². The van der Waals surface area contributed by atoms with Crippen molar-refractivity contribution in [1.29, 1.82) is 0 Å². The minimum Gasteiger partial charge on any atom is -0.207 e. The van der Waals surface area contributed by atoms with Crippen molar-refractivity contribution in [2.45, 2.75) is 5.16 Å². The van der Waals surface area contributed by atoms with E-state index in [4.69, 9.17) is 23.2 Å². The van der Waals surface area contributed by atoms with E-state index in [-0.39, 0.29) is 21.6 Å². The molecule has 10 heteroatoms. The van der Waals surface area contributed by atoms with Crippen LogP contribution >= 0.6 is 35.0 Å². The third-order valence-corrected chi connectivity index (χ3v) is 3.97. The number of benzene rings is 1. The van der Waals surface area contributed by atoms with E-state index in [9.17, 15) is 13.2 Å². The van der Waals surface area contributed by atoms with Crippen LogP contribution in [-0.2, 0) is 0 Å². The van der Waals surface area contributed by atoms with Crippen molar-refractivity contribution in [1.82, 2.24) is 19.6 Å². The minimum atomic E-state index is -1.15. The molecule has 114 valence electrons. The molecule has 0 fully saturated rings. The molecule has 2 heterocycles. The number of hydrogen-bond donors (Lipinski definition) is 0. The standard InChI is InChI=1S/C12H5Cl2F3N4S/c1-22-12-19-11-18-9(13)8(10(14)21(11)20-12)7-5(16)2-4(15)3-6(7)17/h2-3H,1H3. The van der Waals surface area contributed by atoms with Crippen LogP contribution in [0.1, 0.15) is 0 Å². The lowest BCUT2D eigenvalue weighted by atomic mass is 10.1. The summed E-state index contributed by atoms with van der Waals surface area (Å²) < 4.78 is 42.1. The van der Waals surface area contributed by atoms with Crippen LogP contribution in [0.25, 0.3) is 16.9 Å². The molecule has 2 aromatic heterocycles. The first-order valence-corrected chi connectivity index (χ1v) is 7.71. The maximum absolute atomic E-state index is 14.0. The Morgan fingerprint density at radius 1 is 1.05 bits per heavy atom. The van der Waals surface area contributed by atoms with E-state index < -0.39 is 23.0 Å². The number of rotatable bonds is 2. The Labute approximate surface area is 136 Å². The summed E-state index contributed by atoms with van der Waals surface area (Å²) in [6.45, 7) is 0. The molecule has 0 N–H and O–H groups in total. The Morgan fingerprint density at radius 3 is 2.27 bits per heavy atom. The lowest BCUT2D eigenvalue weighted by Gasteiger charge is -2.09. The van der Waals surface area contributed by atoms with Crippen LogP contribution in [0.5, 0.6) is 0 Å². The van der Waals surface area contributed by atoms with Crippen molar-refractivity contribution in [3.8, 4) is 11.1 Å². The van der Waals surface area contributed by atoms with Crippen molar-refractivity contribution < 1.29 is 13.2 Å². The van der Waals surface area contributed by atoms with Crippen molar-refractivity contribution in [2.24, 2.45) is 0 Å². The summed E-state index contributed by atoms with van der Waals surface area (Å²) in [4.78, 5) is 7.95. The van der Waals surface area contributed by atoms with Gasteiger partial charge in [-0.2, -0.15) is 14.5 Å². The highest BCUT2D eigenvalue weighted by molar-refractivity contribution is 7.98. The van der Waals surface area contributed by atoms with Crippen LogP contribution in [0.4, 0.5) is 13.2 Å². The zero-order valence-corrected chi connectivity index (χ0v) is 13.1. The monoisotopic (exact) mass is 364 g/mol. The Balaban J connectivity index is 2.36. The predicted octanol–water partition coefficient (Wildman–Crippen LogP) is 4.24. The average molecular weight is 365 g/mol. The molecule has 0 bridgehead atoms. The van der Waals surface area contributed by atoms with Gasteiger partial charge in [-0.1, -0.05) is 35.0 Å². The zero-order valence-electron chi connectivity index (χ0n) is 10.7. The summed E-state index contributed by atoms with van der Waals surface area (Å²) in [6, 6.07) is 1.06. The van der Waals surface area contributed by atoms with Gasteiger partial charge in [0, 0.05) is 12.1 Å². The van der Waals surface area contributed by atoms with Crippen LogP contribution in [0.15, 0.2) is 17.3 Å². The molecule has 0 aliphatic heterocycles. The molecule has 4 nitrogen and oxygen atoms in total. The van der Waals surface area contributed by atoms with Gasteiger partial charge in [-0.25, -0.2) is 13.2 Å². The highest BCUT2D eigenvalue weighted by Gasteiger charge is 2.23. The first kappa shape index (κ1) is 15.4. The second-order valence-corrected chi connectivity index (χ2v) is 5.61. The topological polar surface area (TPSA) is 43.1 Å². The van der Waals surface area contributed by atoms with E-state index in [0.717, 1.165) is 4.52 Å². The van der Waals surface area contributed by atoms with Gasteiger partial charge >= 0.3 is 0 Å². The second kappa shape index (κ2) is 5.60. The summed E-state index contributed by atoms with van der Waals surface area (Å²) in [6.07, 6.45) is 1.74. The van der Waals surface area contributed by atoms with Crippen LogP contribution in [-0.4, -0.2) is 25.8 Å². The van der Waals surface area contributed by atoms with Gasteiger partial charge in [0.1, 0.15) is 27.8 Å². The minimum absolute atomic E-state index is 0.0889. The summed E-state index contributed by atoms with van der Waals surface area (Å²) >= 11 is 13.3. The SMILES string of the molecule is CSc1nc2nc(Cl)c(-c3c(F)cc(F)cc3F)c(Cl)n2n1. The molecule has 0 radical (unpaired) electrons. The zero-order chi connectivity index (χ0) is 16.0. The number of fused-ring (bicyclic) bond motifs is 1. The van der Waals surface area contributed by atoms with Crippen LogP contribution in [0, 0.1) is 17.5 Å². The third kappa shape index (κ3) is 2.41. The molecule has 0 amide bonds. The first-order chi connectivity index (χ1) is 10.4. The first-order valence-electron chi connectivity index (χ1n) is 5.73. The van der Waals surface area contributed by atoms with Gasteiger partial charge in [0.25, 0.3) is 5.78 Å². The van der Waals surface area contributed by atoms with Crippen LogP contribution in [0.2, 0.25) is 10.3 Å². The van der Waals surface area contributed by atoms with E-state index in [1.807, 2.05) is 0 Å². The Morgan fingerprint density at radius 2 is 1.68 bits per heavy atom. The van der Waals surface area contributed by atoms with E-state index in [1.54, 1.807) is 6.26 Å². The fraction of sp³-hybridized carbons (Fsp3) is 0.0833. The highest BCUT2D eigenvalue weighted by atomic mass is 35.5. The molecule has 3 rings (SSSR count). The molecule has 0 aliphatic rings. The molecule has 22 heavy (non-hydrogen) atoms. The maximum Gasteiger partial charge on any atom is 0.256 e. The molecule has 0 unspecified atom stereocenters. The van der Waals surface area contributed by atoms with Crippen LogP contribution in [0.3, 0.4) is 0 Å². The lowest BCUT2D eigenvalue weighted by Crippen LogP contribution is -2.01. The van der Waals surface area contributed by atoms with E-state index in [1.165, 1.54) is 11.8 Å². The molecule has 0 aliphatic carbocycles. The van der Waals surface area contributed by atoms with E-state index in [2.05, 4.69) is 15.1 Å². The maximum atomic E-state index is 14.0. The Hall–Kier alpha value is -1.51. The molecule has 0 spiro atoms. The molecular weight excluding hydrogens is 360 g/mol. The fourth-order valence-electron chi connectivity index (χ4n) is 1.90. The molecule has 0 saturated carbocycles. The quantitative estimate of drug-likeness (QED) is 0.503. The molecule has 0 saturated heterocycles. The smallest absolute Gasteiger partial charge is 0.207 e. The van der Waals surface area contributed by atoms with Gasteiger partial charge in [0.05, 0.1) is 11.1 Å². The lowest BCUT2D eigenvalue weighted by molar-refractivity contribution is 0.548. The normalized spacial score (nSPS) is 11.4. The summed E-state index contributed by atoms with van der Waals surface area (Å²) in [5.41, 5.74) is -0.796. The Kier molecular flexibility index (Phi) is 3.92. The average Bonchev–Trinajstić information content (AvgIpc) is 2.84. The molecular formula is C12H5Cl2F3N4S. The third-order valence-electron chi connectivity index (χ3n) is 2.81. The van der Waals surface area contributed by atoms with Crippen LogP contribution < -0.4 is 0 Å². The van der Waals surface area contributed by atoms with E-state index >= 15 is 0 Å². The van der Waals surface area contributed by atoms with Gasteiger partial charge in [-0.3, -0.25) is 0 Å².